The van der Waals surface area contributed by atoms with Crippen molar-refractivity contribution in [3.63, 3.8) is 0 Å². The Labute approximate surface area is 112 Å². The molecule has 0 amide bonds. The molecule has 0 aliphatic heterocycles. The van der Waals surface area contributed by atoms with Crippen molar-refractivity contribution in [1.29, 1.82) is 0 Å². The molecule has 0 unspecified atom stereocenters. The van der Waals surface area contributed by atoms with Crippen LogP contribution in [0.2, 0.25) is 0 Å². The van der Waals surface area contributed by atoms with E-state index in [4.69, 9.17) is 13.8 Å². The van der Waals surface area contributed by atoms with Crippen LogP contribution in [-0.2, 0) is 18.3 Å². The Hall–Kier alpha value is -1.42. The van der Waals surface area contributed by atoms with Gasteiger partial charge in [0.1, 0.15) is 0 Å². The third kappa shape index (κ3) is 4.03. The van der Waals surface area contributed by atoms with Crippen molar-refractivity contribution in [2.45, 2.75) is 13.3 Å². The molecule has 0 fully saturated rings. The zero-order valence-electron chi connectivity index (χ0n) is 11.2. The number of benzene rings is 1. The summed E-state index contributed by atoms with van der Waals surface area (Å²) in [5.74, 6) is -0.602. The topological polar surface area (TPSA) is 61.8 Å². The molecule has 0 aliphatic rings. The van der Waals surface area contributed by atoms with Crippen molar-refractivity contribution < 1.29 is 23.1 Å². The zero-order chi connectivity index (χ0) is 14.3. The van der Waals surface area contributed by atoms with Crippen LogP contribution in [0, 0.1) is 0 Å². The highest BCUT2D eigenvalue weighted by Crippen LogP contribution is 2.55. The summed E-state index contributed by atoms with van der Waals surface area (Å²) in [6.07, 6.45) is 2.04. The molecule has 0 N–H and O–H groups in total. The van der Waals surface area contributed by atoms with E-state index in [9.17, 15) is 9.36 Å². The molecule has 0 radical (unpaired) electrons. The monoisotopic (exact) mass is 284 g/mol. The van der Waals surface area contributed by atoms with Crippen molar-refractivity contribution in [3.8, 4) is 0 Å². The van der Waals surface area contributed by atoms with Gasteiger partial charge in [0.2, 0.25) is 5.50 Å². The number of allylic oxidation sites excluding steroid dienone is 1. The third-order valence-corrected chi connectivity index (χ3v) is 4.11. The molecular weight excluding hydrogens is 267 g/mol. The van der Waals surface area contributed by atoms with E-state index in [1.165, 1.54) is 20.3 Å². The third-order valence-electron chi connectivity index (χ3n) is 2.34. The summed E-state index contributed by atoms with van der Waals surface area (Å²) in [7, 11) is -1.08. The van der Waals surface area contributed by atoms with E-state index in [0.717, 1.165) is 0 Å². The lowest BCUT2D eigenvalue weighted by Crippen LogP contribution is -2.07. The first-order valence-corrected chi connectivity index (χ1v) is 7.31. The number of rotatable bonds is 6. The standard InChI is InChI=1S/C13H17O5P/c1-4-8-12(19(15,16-2)17-3)18-13(14)11-9-6-5-7-10-11/h5-10H,4H2,1-3H3/b12-8-. The normalized spacial score (nSPS) is 12.3. The van der Waals surface area contributed by atoms with Gasteiger partial charge in [-0.25, -0.2) is 4.79 Å². The highest BCUT2D eigenvalue weighted by atomic mass is 31.2. The lowest BCUT2D eigenvalue weighted by atomic mass is 10.2. The Morgan fingerprint density at radius 1 is 1.21 bits per heavy atom. The van der Waals surface area contributed by atoms with E-state index in [1.54, 1.807) is 30.3 Å². The molecule has 6 heteroatoms. The summed E-state index contributed by atoms with van der Waals surface area (Å²) in [6.45, 7) is 1.83. The molecule has 0 aromatic heterocycles. The van der Waals surface area contributed by atoms with Crippen LogP contribution in [-0.4, -0.2) is 20.2 Å². The minimum atomic E-state index is -3.56. The van der Waals surface area contributed by atoms with Crippen molar-refractivity contribution >= 4 is 13.6 Å². The maximum atomic E-state index is 12.2. The highest BCUT2D eigenvalue weighted by molar-refractivity contribution is 7.58. The lowest BCUT2D eigenvalue weighted by molar-refractivity contribution is 0.0631. The Balaban J connectivity index is 2.96. The van der Waals surface area contributed by atoms with Crippen molar-refractivity contribution in [2.75, 3.05) is 14.2 Å². The predicted octanol–water partition coefficient (Wildman–Crippen LogP) is 3.58. The maximum Gasteiger partial charge on any atom is 0.395 e. The van der Waals surface area contributed by atoms with E-state index in [2.05, 4.69) is 0 Å². The fourth-order valence-electron chi connectivity index (χ4n) is 1.37. The van der Waals surface area contributed by atoms with Gasteiger partial charge in [0, 0.05) is 14.2 Å². The Morgan fingerprint density at radius 3 is 2.26 bits per heavy atom. The quantitative estimate of drug-likeness (QED) is 0.454. The van der Waals surface area contributed by atoms with Crippen LogP contribution < -0.4 is 0 Å². The Kier molecular flexibility index (Phi) is 5.96. The number of carbonyl (C=O) groups excluding carboxylic acids is 1. The fraction of sp³-hybridized carbons (Fsp3) is 0.308. The van der Waals surface area contributed by atoms with Gasteiger partial charge in [-0.15, -0.1) is 0 Å². The summed E-state index contributed by atoms with van der Waals surface area (Å²) >= 11 is 0. The van der Waals surface area contributed by atoms with Crippen molar-refractivity contribution in [3.05, 3.63) is 47.5 Å². The first kappa shape index (κ1) is 15.6. The van der Waals surface area contributed by atoms with Gasteiger partial charge in [-0.2, -0.15) is 0 Å². The lowest BCUT2D eigenvalue weighted by Gasteiger charge is -2.16. The Morgan fingerprint density at radius 2 is 1.79 bits per heavy atom. The van der Waals surface area contributed by atoms with Crippen LogP contribution in [0.3, 0.4) is 0 Å². The molecule has 1 aromatic carbocycles. The smallest absolute Gasteiger partial charge is 0.395 e. The van der Waals surface area contributed by atoms with Gasteiger partial charge in [-0.1, -0.05) is 25.1 Å². The SMILES string of the molecule is CC/C=C(/OC(=O)c1ccccc1)P(=O)(OC)OC. The van der Waals surface area contributed by atoms with E-state index in [1.807, 2.05) is 6.92 Å². The summed E-state index contributed by atoms with van der Waals surface area (Å²) < 4.78 is 27.0. The average Bonchev–Trinajstić information content (AvgIpc) is 2.46. The first-order chi connectivity index (χ1) is 9.07. The van der Waals surface area contributed by atoms with Gasteiger partial charge in [0.05, 0.1) is 5.56 Å². The van der Waals surface area contributed by atoms with Crippen LogP contribution in [0.1, 0.15) is 23.7 Å². The van der Waals surface area contributed by atoms with Gasteiger partial charge in [0.25, 0.3) is 0 Å². The number of esters is 1. The van der Waals surface area contributed by atoms with E-state index in [-0.39, 0.29) is 5.50 Å². The molecule has 0 saturated heterocycles. The second-order valence-corrected chi connectivity index (χ2v) is 5.73. The molecule has 0 spiro atoms. The molecular formula is C13H17O5P. The second kappa shape index (κ2) is 7.24. The largest absolute Gasteiger partial charge is 0.415 e. The fourth-order valence-corrected chi connectivity index (χ4v) is 2.48. The minimum Gasteiger partial charge on any atom is -0.415 e. The molecule has 104 valence electrons. The van der Waals surface area contributed by atoms with Gasteiger partial charge < -0.3 is 13.8 Å². The molecule has 1 rings (SSSR count). The number of ether oxygens (including phenoxy) is 1. The van der Waals surface area contributed by atoms with E-state index in [0.29, 0.717) is 12.0 Å². The maximum absolute atomic E-state index is 12.2. The molecule has 0 bridgehead atoms. The molecule has 19 heavy (non-hydrogen) atoms. The summed E-state index contributed by atoms with van der Waals surface area (Å²) in [6, 6.07) is 8.43. The highest BCUT2D eigenvalue weighted by Gasteiger charge is 2.31. The van der Waals surface area contributed by atoms with Gasteiger partial charge in [-0.05, 0) is 24.6 Å². The molecule has 0 aliphatic carbocycles. The van der Waals surface area contributed by atoms with Gasteiger partial charge in [0.15, 0.2) is 0 Å². The van der Waals surface area contributed by atoms with Gasteiger partial charge in [-0.3, -0.25) is 4.57 Å². The second-order valence-electron chi connectivity index (χ2n) is 3.57. The minimum absolute atomic E-state index is 0.0890. The molecule has 0 heterocycles. The number of hydrogen-bond donors (Lipinski definition) is 0. The number of carbonyl (C=O) groups is 1. The summed E-state index contributed by atoms with van der Waals surface area (Å²) in [5.41, 5.74) is 0.275. The van der Waals surface area contributed by atoms with Crippen molar-refractivity contribution in [2.24, 2.45) is 0 Å². The molecule has 5 nitrogen and oxygen atoms in total. The average molecular weight is 284 g/mol. The van der Waals surface area contributed by atoms with E-state index >= 15 is 0 Å². The van der Waals surface area contributed by atoms with Crippen LogP contribution in [0.5, 0.6) is 0 Å². The predicted molar refractivity (Wildman–Crippen MR) is 71.9 cm³/mol. The molecule has 1 aromatic rings. The van der Waals surface area contributed by atoms with Gasteiger partial charge >= 0.3 is 13.6 Å². The summed E-state index contributed by atoms with van der Waals surface area (Å²) in [5, 5.41) is 0. The van der Waals surface area contributed by atoms with E-state index < -0.39 is 13.6 Å². The van der Waals surface area contributed by atoms with Crippen LogP contribution in [0.25, 0.3) is 0 Å². The van der Waals surface area contributed by atoms with Crippen LogP contribution in [0.4, 0.5) is 0 Å². The van der Waals surface area contributed by atoms with Crippen LogP contribution in [0.15, 0.2) is 41.9 Å². The van der Waals surface area contributed by atoms with Crippen molar-refractivity contribution in [1.82, 2.24) is 0 Å². The molecule has 0 atom stereocenters. The number of hydrogen-bond acceptors (Lipinski definition) is 5. The summed E-state index contributed by atoms with van der Waals surface area (Å²) in [4.78, 5) is 11.9. The molecule has 0 saturated carbocycles. The Bertz CT molecular complexity index is 487. The van der Waals surface area contributed by atoms with Crippen LogP contribution >= 0.6 is 7.60 Å². The zero-order valence-corrected chi connectivity index (χ0v) is 12.1. The first-order valence-electron chi connectivity index (χ1n) is 5.76.